The van der Waals surface area contributed by atoms with Crippen LogP contribution in [-0.4, -0.2) is 9.55 Å². The predicted octanol–water partition coefficient (Wildman–Crippen LogP) is 4.95. The molecule has 136 valence electrons. The molecule has 0 spiro atoms. The van der Waals surface area contributed by atoms with Gasteiger partial charge in [-0.2, -0.15) is 0 Å². The Morgan fingerprint density at radius 2 is 1.65 bits per heavy atom. The largest absolute Gasteiger partial charge is 0.268 e. The zero-order valence-electron chi connectivity index (χ0n) is 15.0. The highest BCUT2D eigenvalue weighted by atomic mass is 19.1. The Labute approximate surface area is 149 Å². The van der Waals surface area contributed by atoms with Crippen LogP contribution >= 0.6 is 0 Å². The Morgan fingerprint density at radius 1 is 1.04 bits per heavy atom. The molecule has 3 aromatic rings. The summed E-state index contributed by atoms with van der Waals surface area (Å²) in [7, 11) is 0. The number of hydrogen-bond acceptors (Lipinski definition) is 2. The topological polar surface area (TPSA) is 34.9 Å². The van der Waals surface area contributed by atoms with Crippen molar-refractivity contribution in [2.45, 2.75) is 33.6 Å². The van der Waals surface area contributed by atoms with Gasteiger partial charge in [0.05, 0.1) is 11.2 Å². The van der Waals surface area contributed by atoms with Crippen LogP contribution in [0.3, 0.4) is 0 Å². The van der Waals surface area contributed by atoms with Gasteiger partial charge < -0.3 is 0 Å². The highest BCUT2D eigenvalue weighted by Crippen LogP contribution is 2.34. The van der Waals surface area contributed by atoms with E-state index in [1.54, 1.807) is 6.07 Å². The lowest BCUT2D eigenvalue weighted by Gasteiger charge is -2.29. The number of halogens is 3. The van der Waals surface area contributed by atoms with E-state index in [2.05, 4.69) is 4.98 Å². The van der Waals surface area contributed by atoms with Crippen molar-refractivity contribution in [3.63, 3.8) is 0 Å². The SMILES string of the molecule is CC(c1nc2cccc(F)c2c(=O)n1-c1cc(F)cc(F)c1)C(C)(C)C. The van der Waals surface area contributed by atoms with E-state index in [0.717, 1.165) is 28.8 Å². The first-order chi connectivity index (χ1) is 12.1. The van der Waals surface area contributed by atoms with Gasteiger partial charge in [0.2, 0.25) is 0 Å². The number of fused-ring (bicyclic) bond motifs is 1. The van der Waals surface area contributed by atoms with Crippen LogP contribution in [0.2, 0.25) is 0 Å². The van der Waals surface area contributed by atoms with Crippen LogP contribution in [0.5, 0.6) is 0 Å². The third-order valence-electron chi connectivity index (χ3n) is 4.66. The van der Waals surface area contributed by atoms with E-state index in [1.807, 2.05) is 27.7 Å². The molecule has 3 rings (SSSR count). The summed E-state index contributed by atoms with van der Waals surface area (Å²) in [5.74, 6) is -2.29. The molecule has 0 saturated heterocycles. The smallest absolute Gasteiger partial charge is 0.268 e. The van der Waals surface area contributed by atoms with Crippen LogP contribution in [0.4, 0.5) is 13.2 Å². The summed E-state index contributed by atoms with van der Waals surface area (Å²) >= 11 is 0. The summed E-state index contributed by atoms with van der Waals surface area (Å²) in [6.07, 6.45) is 0. The van der Waals surface area contributed by atoms with E-state index in [-0.39, 0.29) is 27.9 Å². The molecule has 0 N–H and O–H groups in total. The normalized spacial score (nSPS) is 13.2. The van der Waals surface area contributed by atoms with Gasteiger partial charge in [0, 0.05) is 12.0 Å². The van der Waals surface area contributed by atoms with Gasteiger partial charge in [0.25, 0.3) is 5.56 Å². The van der Waals surface area contributed by atoms with Crippen LogP contribution in [0.25, 0.3) is 16.6 Å². The molecule has 0 aliphatic heterocycles. The maximum absolute atomic E-state index is 14.3. The van der Waals surface area contributed by atoms with Crippen molar-refractivity contribution < 1.29 is 13.2 Å². The van der Waals surface area contributed by atoms with Gasteiger partial charge >= 0.3 is 0 Å². The molecule has 6 heteroatoms. The molecule has 0 amide bonds. The first-order valence-electron chi connectivity index (χ1n) is 8.27. The van der Waals surface area contributed by atoms with Crippen molar-refractivity contribution >= 4 is 10.9 Å². The van der Waals surface area contributed by atoms with Crippen LogP contribution in [0, 0.1) is 22.9 Å². The Bertz CT molecular complexity index is 1030. The zero-order chi connectivity index (χ0) is 19.2. The number of hydrogen-bond donors (Lipinski definition) is 0. The van der Waals surface area contributed by atoms with E-state index in [9.17, 15) is 18.0 Å². The highest BCUT2D eigenvalue weighted by molar-refractivity contribution is 5.78. The quantitative estimate of drug-likeness (QED) is 0.648. The summed E-state index contributed by atoms with van der Waals surface area (Å²) in [5, 5.41) is -0.206. The molecule has 3 nitrogen and oxygen atoms in total. The van der Waals surface area contributed by atoms with Crippen LogP contribution in [0.1, 0.15) is 39.4 Å². The molecule has 1 unspecified atom stereocenters. The number of aromatic nitrogens is 2. The molecule has 1 heterocycles. The molecule has 0 saturated carbocycles. The van der Waals surface area contributed by atoms with Crippen molar-refractivity contribution in [3.05, 3.63) is 70.0 Å². The molecule has 26 heavy (non-hydrogen) atoms. The van der Waals surface area contributed by atoms with Crippen LogP contribution in [-0.2, 0) is 0 Å². The second kappa shape index (κ2) is 6.27. The van der Waals surface area contributed by atoms with Crippen molar-refractivity contribution in [3.8, 4) is 5.69 Å². The van der Waals surface area contributed by atoms with Gasteiger partial charge in [0.1, 0.15) is 28.7 Å². The van der Waals surface area contributed by atoms with E-state index in [4.69, 9.17) is 0 Å². The lowest BCUT2D eigenvalue weighted by atomic mass is 9.81. The van der Waals surface area contributed by atoms with Gasteiger partial charge in [0.15, 0.2) is 0 Å². The van der Waals surface area contributed by atoms with E-state index >= 15 is 0 Å². The molecule has 1 aromatic heterocycles. The summed E-state index contributed by atoms with van der Waals surface area (Å²) in [6, 6.07) is 6.98. The monoisotopic (exact) mass is 360 g/mol. The third-order valence-corrected chi connectivity index (χ3v) is 4.66. The molecule has 1 atom stereocenters. The van der Waals surface area contributed by atoms with Crippen LogP contribution < -0.4 is 5.56 Å². The number of benzene rings is 2. The lowest BCUT2D eigenvalue weighted by Crippen LogP contribution is -2.29. The zero-order valence-corrected chi connectivity index (χ0v) is 15.0. The number of rotatable bonds is 2. The average Bonchev–Trinajstić information content (AvgIpc) is 2.51. The van der Waals surface area contributed by atoms with E-state index in [0.29, 0.717) is 5.82 Å². The summed E-state index contributed by atoms with van der Waals surface area (Å²) in [5.41, 5.74) is -0.775. The highest BCUT2D eigenvalue weighted by Gasteiger charge is 2.28. The van der Waals surface area contributed by atoms with Gasteiger partial charge in [-0.05, 0) is 29.7 Å². The minimum Gasteiger partial charge on any atom is -0.268 e. The number of nitrogens with zero attached hydrogens (tertiary/aromatic N) is 2. The molecule has 0 aliphatic rings. The van der Waals surface area contributed by atoms with Gasteiger partial charge in [-0.25, -0.2) is 18.2 Å². The van der Waals surface area contributed by atoms with Gasteiger partial charge in [-0.15, -0.1) is 0 Å². The molecular weight excluding hydrogens is 341 g/mol. The fourth-order valence-corrected chi connectivity index (χ4v) is 2.80. The van der Waals surface area contributed by atoms with Crippen molar-refractivity contribution in [1.29, 1.82) is 0 Å². The maximum Gasteiger partial charge on any atom is 0.268 e. The Morgan fingerprint density at radius 3 is 2.23 bits per heavy atom. The fourth-order valence-electron chi connectivity index (χ4n) is 2.80. The molecule has 0 aliphatic carbocycles. The fraction of sp³-hybridized carbons (Fsp3) is 0.300. The minimum absolute atomic E-state index is 0.0174. The first kappa shape index (κ1) is 18.2. The standard InChI is InChI=1S/C20H19F3N2O/c1-11(20(2,3)4)18-24-16-7-5-6-15(23)17(16)19(26)25(18)14-9-12(21)8-13(22)10-14/h5-11H,1-4H3. The maximum atomic E-state index is 14.3. The molecule has 0 bridgehead atoms. The summed E-state index contributed by atoms with van der Waals surface area (Å²) < 4.78 is 42.9. The predicted molar refractivity (Wildman–Crippen MR) is 95.1 cm³/mol. The van der Waals surface area contributed by atoms with Gasteiger partial charge in [-0.3, -0.25) is 9.36 Å². The Balaban J connectivity index is 2.47. The molecular formula is C20H19F3N2O. The molecule has 2 aromatic carbocycles. The first-order valence-corrected chi connectivity index (χ1v) is 8.27. The average molecular weight is 360 g/mol. The minimum atomic E-state index is -0.824. The molecule has 0 radical (unpaired) electrons. The van der Waals surface area contributed by atoms with Crippen molar-refractivity contribution in [2.24, 2.45) is 5.41 Å². The van der Waals surface area contributed by atoms with Crippen molar-refractivity contribution in [1.82, 2.24) is 9.55 Å². The van der Waals surface area contributed by atoms with Crippen molar-refractivity contribution in [2.75, 3.05) is 0 Å². The van der Waals surface area contributed by atoms with E-state index < -0.39 is 23.0 Å². The molecule has 0 fully saturated rings. The second-order valence-corrected chi connectivity index (χ2v) is 7.46. The second-order valence-electron chi connectivity index (χ2n) is 7.46. The van der Waals surface area contributed by atoms with E-state index in [1.165, 1.54) is 6.07 Å². The lowest BCUT2D eigenvalue weighted by molar-refractivity contribution is 0.323. The van der Waals surface area contributed by atoms with Gasteiger partial charge in [-0.1, -0.05) is 33.8 Å². The third kappa shape index (κ3) is 3.11. The Kier molecular flexibility index (Phi) is 4.38. The Hall–Kier alpha value is -2.63. The summed E-state index contributed by atoms with van der Waals surface area (Å²) in [4.78, 5) is 17.5. The summed E-state index contributed by atoms with van der Waals surface area (Å²) in [6.45, 7) is 7.78. The van der Waals surface area contributed by atoms with Crippen LogP contribution in [0.15, 0.2) is 41.2 Å².